The largest absolute Gasteiger partial charge is 0.392 e. The minimum absolute atomic E-state index is 0.00884. The fourth-order valence-corrected chi connectivity index (χ4v) is 6.69. The number of carbonyl (C=O) groups excluding carboxylic acids is 1. The standard InChI is InChI=1S/C38H41N3O6/c42-26-27-9-11-29(12-10-27)35-22-34(25-41-16-13-38(14-17-41)44-18-19-45-38)46-37(47-35)32-7-2-6-31(21-32)30-5-1-4-28(20-30)23-40-36(43)33-8-3-15-39-24-33/h1-12,15,20-21,24,34-35,37,42H,13-14,16-19,22-23,25-26H2,(H,40,43). The predicted molar refractivity (Wildman–Crippen MR) is 176 cm³/mol. The first-order valence-corrected chi connectivity index (χ1v) is 16.4. The number of piperidine rings is 1. The number of carbonyl (C=O) groups is 1. The van der Waals surface area contributed by atoms with Gasteiger partial charge in [0, 0.05) is 63.4 Å². The Morgan fingerprint density at radius 1 is 0.872 bits per heavy atom. The van der Waals surface area contributed by atoms with Crippen molar-refractivity contribution in [1.82, 2.24) is 15.2 Å². The fraction of sp³-hybridized carbons (Fsp3) is 0.368. The van der Waals surface area contributed by atoms with E-state index in [1.807, 2.05) is 42.5 Å². The molecule has 4 aromatic rings. The number of aliphatic hydroxyl groups is 1. The molecule has 0 bridgehead atoms. The van der Waals surface area contributed by atoms with Crippen LogP contribution in [0.15, 0.2) is 97.3 Å². The van der Waals surface area contributed by atoms with E-state index in [-0.39, 0.29) is 24.7 Å². The molecule has 0 saturated carbocycles. The molecular formula is C38H41N3O6. The van der Waals surface area contributed by atoms with Crippen LogP contribution in [0.5, 0.6) is 0 Å². The normalized spacial score (nSPS) is 22.7. The molecule has 9 nitrogen and oxygen atoms in total. The summed E-state index contributed by atoms with van der Waals surface area (Å²) in [7, 11) is 0. The highest BCUT2D eigenvalue weighted by atomic mass is 16.7. The van der Waals surface area contributed by atoms with E-state index in [1.165, 1.54) is 0 Å². The van der Waals surface area contributed by atoms with Crippen LogP contribution in [-0.4, -0.2) is 65.6 Å². The van der Waals surface area contributed by atoms with Crippen LogP contribution in [0.1, 0.15) is 64.3 Å². The Balaban J connectivity index is 1.07. The van der Waals surface area contributed by atoms with Gasteiger partial charge >= 0.3 is 0 Å². The Labute approximate surface area is 275 Å². The van der Waals surface area contributed by atoms with Gasteiger partial charge in [-0.15, -0.1) is 0 Å². The average Bonchev–Trinajstić information content (AvgIpc) is 3.60. The molecule has 244 valence electrons. The summed E-state index contributed by atoms with van der Waals surface area (Å²) in [6.45, 7) is 4.36. The van der Waals surface area contributed by atoms with E-state index in [4.69, 9.17) is 18.9 Å². The second-order valence-corrected chi connectivity index (χ2v) is 12.5. The average molecular weight is 636 g/mol. The molecule has 9 heteroatoms. The smallest absolute Gasteiger partial charge is 0.253 e. The number of rotatable bonds is 9. The monoisotopic (exact) mass is 635 g/mol. The maximum Gasteiger partial charge on any atom is 0.253 e. The van der Waals surface area contributed by atoms with Crippen molar-refractivity contribution in [2.45, 2.75) is 56.7 Å². The lowest BCUT2D eigenvalue weighted by atomic mass is 9.97. The zero-order valence-corrected chi connectivity index (χ0v) is 26.4. The van der Waals surface area contributed by atoms with Crippen molar-refractivity contribution in [3.8, 4) is 11.1 Å². The van der Waals surface area contributed by atoms with Gasteiger partial charge in [0.1, 0.15) is 0 Å². The first kappa shape index (κ1) is 31.6. The van der Waals surface area contributed by atoms with Crippen molar-refractivity contribution in [1.29, 1.82) is 0 Å². The number of ether oxygens (including phenoxy) is 4. The van der Waals surface area contributed by atoms with Crippen LogP contribution in [0.25, 0.3) is 11.1 Å². The van der Waals surface area contributed by atoms with Crippen molar-refractivity contribution >= 4 is 5.91 Å². The lowest BCUT2D eigenvalue weighted by Gasteiger charge is -2.41. The second kappa shape index (κ2) is 14.4. The topological polar surface area (TPSA) is 102 Å². The van der Waals surface area contributed by atoms with E-state index in [9.17, 15) is 9.90 Å². The summed E-state index contributed by atoms with van der Waals surface area (Å²) in [6.07, 6.45) is 4.93. The zero-order valence-electron chi connectivity index (χ0n) is 26.4. The van der Waals surface area contributed by atoms with Gasteiger partial charge in [0.25, 0.3) is 5.91 Å². The van der Waals surface area contributed by atoms with Crippen molar-refractivity contribution in [3.05, 3.63) is 125 Å². The SMILES string of the molecule is O=C(NCc1cccc(-c2cccc(C3OC(CN4CCC5(CC4)OCCO5)CC(c4ccc(CO)cc4)O3)c2)c1)c1cccnc1. The number of pyridine rings is 1. The summed E-state index contributed by atoms with van der Waals surface area (Å²) in [6, 6.07) is 28.0. The summed E-state index contributed by atoms with van der Waals surface area (Å²) in [5.74, 6) is -0.564. The molecule has 7 rings (SSSR count). The molecule has 1 spiro atoms. The minimum Gasteiger partial charge on any atom is -0.392 e. The first-order chi connectivity index (χ1) is 23.1. The molecule has 0 aliphatic carbocycles. The van der Waals surface area contributed by atoms with Gasteiger partial charge in [0.05, 0.1) is 37.6 Å². The molecule has 2 N–H and O–H groups in total. The molecule has 4 heterocycles. The van der Waals surface area contributed by atoms with Crippen molar-refractivity contribution in [3.63, 3.8) is 0 Å². The van der Waals surface area contributed by atoms with Crippen molar-refractivity contribution < 1.29 is 28.8 Å². The van der Waals surface area contributed by atoms with Crippen molar-refractivity contribution in [2.24, 2.45) is 0 Å². The molecule has 3 atom stereocenters. The molecule has 3 aromatic carbocycles. The summed E-state index contributed by atoms with van der Waals surface area (Å²) in [5, 5.41) is 12.6. The molecule has 3 saturated heterocycles. The van der Waals surface area contributed by atoms with Gasteiger partial charge in [0.2, 0.25) is 0 Å². The van der Waals surface area contributed by atoms with Crippen LogP contribution in [-0.2, 0) is 32.1 Å². The van der Waals surface area contributed by atoms with E-state index in [0.717, 1.165) is 72.3 Å². The van der Waals surface area contributed by atoms with Crippen LogP contribution in [0.4, 0.5) is 0 Å². The van der Waals surface area contributed by atoms with Crippen LogP contribution >= 0.6 is 0 Å². The van der Waals surface area contributed by atoms with Crippen LogP contribution < -0.4 is 5.32 Å². The molecule has 3 aliphatic heterocycles. The van der Waals surface area contributed by atoms with E-state index in [1.54, 1.807) is 24.5 Å². The number of benzene rings is 3. The zero-order chi connectivity index (χ0) is 32.1. The number of nitrogens with zero attached hydrogens (tertiary/aromatic N) is 2. The van der Waals surface area contributed by atoms with Crippen LogP contribution in [0.2, 0.25) is 0 Å². The Morgan fingerprint density at radius 2 is 1.64 bits per heavy atom. The third-order valence-corrected chi connectivity index (χ3v) is 9.30. The fourth-order valence-electron chi connectivity index (χ4n) is 6.69. The summed E-state index contributed by atoms with van der Waals surface area (Å²) in [4.78, 5) is 19.0. The molecule has 3 aliphatic rings. The van der Waals surface area contributed by atoms with Gasteiger partial charge in [-0.05, 0) is 52.1 Å². The summed E-state index contributed by atoms with van der Waals surface area (Å²) < 4.78 is 25.2. The maximum absolute atomic E-state index is 12.6. The van der Waals surface area contributed by atoms with Gasteiger partial charge in [0.15, 0.2) is 12.1 Å². The molecule has 0 radical (unpaired) electrons. The maximum atomic E-state index is 12.6. The number of nitrogens with one attached hydrogen (secondary N) is 1. The van der Waals surface area contributed by atoms with Crippen LogP contribution in [0, 0.1) is 0 Å². The third-order valence-electron chi connectivity index (χ3n) is 9.30. The number of aromatic nitrogens is 1. The number of likely N-dealkylation sites (tertiary alicyclic amines) is 1. The minimum atomic E-state index is -0.546. The van der Waals surface area contributed by atoms with E-state index >= 15 is 0 Å². The molecular weight excluding hydrogens is 594 g/mol. The Hall–Kier alpha value is -3.96. The number of hydrogen-bond donors (Lipinski definition) is 2. The van der Waals surface area contributed by atoms with E-state index in [0.29, 0.717) is 25.3 Å². The quantitative estimate of drug-likeness (QED) is 0.247. The van der Waals surface area contributed by atoms with E-state index < -0.39 is 12.1 Å². The highest BCUT2D eigenvalue weighted by Crippen LogP contribution is 2.40. The van der Waals surface area contributed by atoms with Gasteiger partial charge in [-0.3, -0.25) is 9.78 Å². The number of aliphatic hydroxyl groups excluding tert-OH is 1. The molecule has 1 aromatic heterocycles. The molecule has 3 unspecified atom stereocenters. The van der Waals surface area contributed by atoms with Gasteiger partial charge in [-0.2, -0.15) is 0 Å². The van der Waals surface area contributed by atoms with Gasteiger partial charge in [-0.1, -0.05) is 60.7 Å². The lowest BCUT2D eigenvalue weighted by molar-refractivity contribution is -0.255. The van der Waals surface area contributed by atoms with E-state index in [2.05, 4.69) is 45.5 Å². The highest BCUT2D eigenvalue weighted by Gasteiger charge is 2.41. The molecule has 47 heavy (non-hydrogen) atoms. The first-order valence-electron chi connectivity index (χ1n) is 16.4. The van der Waals surface area contributed by atoms with Crippen LogP contribution in [0.3, 0.4) is 0 Å². The second-order valence-electron chi connectivity index (χ2n) is 12.5. The number of amides is 1. The lowest BCUT2D eigenvalue weighted by Crippen LogP contribution is -2.48. The number of hydrogen-bond acceptors (Lipinski definition) is 8. The molecule has 1 amide bonds. The highest BCUT2D eigenvalue weighted by molar-refractivity contribution is 5.93. The molecule has 3 fully saturated rings. The Morgan fingerprint density at radius 3 is 2.38 bits per heavy atom. The van der Waals surface area contributed by atoms with Gasteiger partial charge < -0.3 is 34.3 Å². The summed E-state index contributed by atoms with van der Waals surface area (Å²) >= 11 is 0. The summed E-state index contributed by atoms with van der Waals surface area (Å²) in [5.41, 5.74) is 6.51. The Kier molecular flexibility index (Phi) is 9.71. The Bertz CT molecular complexity index is 1630. The third kappa shape index (κ3) is 7.62. The van der Waals surface area contributed by atoms with Gasteiger partial charge in [-0.25, -0.2) is 0 Å². The predicted octanol–water partition coefficient (Wildman–Crippen LogP) is 5.56. The van der Waals surface area contributed by atoms with Crippen molar-refractivity contribution in [2.75, 3.05) is 32.8 Å².